The number of amidine groups is 1. The van der Waals surface area contributed by atoms with Gasteiger partial charge < -0.3 is 30.2 Å². The van der Waals surface area contributed by atoms with Crippen LogP contribution >= 0.6 is 0 Å². The van der Waals surface area contributed by atoms with Crippen molar-refractivity contribution in [2.45, 2.75) is 105 Å². The number of amides is 2. The summed E-state index contributed by atoms with van der Waals surface area (Å²) >= 11 is 0. The summed E-state index contributed by atoms with van der Waals surface area (Å²) in [4.78, 5) is 60.3. The molecule has 0 spiro atoms. The number of carbonyl (C=O) groups excluding carboxylic acids is 3. The summed E-state index contributed by atoms with van der Waals surface area (Å²) in [7, 11) is 0. The number of carboxylic acids is 1. The third-order valence-corrected chi connectivity index (χ3v) is 8.77. The molecule has 3 atom stereocenters. The number of nitriles is 1. The number of ether oxygens (including phenoxy) is 2. The van der Waals surface area contributed by atoms with Crippen LogP contribution in [0, 0.1) is 35.7 Å². The Kier molecular flexibility index (Phi) is 14.9. The van der Waals surface area contributed by atoms with Gasteiger partial charge in [0.2, 0.25) is 17.5 Å². The van der Waals surface area contributed by atoms with Crippen LogP contribution in [0.25, 0.3) is 10.9 Å². The number of hydrogen-bond donors (Lipinski definition) is 4. The molecule has 0 saturated heterocycles. The zero-order chi connectivity index (χ0) is 37.8. The van der Waals surface area contributed by atoms with Gasteiger partial charge in [-0.15, -0.1) is 0 Å². The van der Waals surface area contributed by atoms with Gasteiger partial charge in [0.05, 0.1) is 36.5 Å². The molecule has 2 heterocycles. The second-order valence-electron chi connectivity index (χ2n) is 13.9. The van der Waals surface area contributed by atoms with E-state index >= 15 is 0 Å². The van der Waals surface area contributed by atoms with E-state index in [1.165, 1.54) is 0 Å². The lowest BCUT2D eigenvalue weighted by Crippen LogP contribution is -2.31. The molecule has 0 aromatic carbocycles. The van der Waals surface area contributed by atoms with Gasteiger partial charge in [-0.05, 0) is 80.4 Å². The van der Waals surface area contributed by atoms with Crippen LogP contribution in [0.4, 0.5) is 5.82 Å². The smallest absolute Gasteiger partial charge is 0.333 e. The number of esters is 1. The van der Waals surface area contributed by atoms with E-state index in [0.717, 1.165) is 6.42 Å². The van der Waals surface area contributed by atoms with Gasteiger partial charge in [-0.3, -0.25) is 14.4 Å². The maximum Gasteiger partial charge on any atom is 0.333 e. The van der Waals surface area contributed by atoms with Gasteiger partial charge in [0.25, 0.3) is 0 Å². The molecule has 1 aliphatic carbocycles. The number of carbonyl (C=O) groups is 4. The number of rotatable bonds is 16. The summed E-state index contributed by atoms with van der Waals surface area (Å²) in [5.74, 6) is -1.89. The van der Waals surface area contributed by atoms with E-state index in [1.807, 2.05) is 34.6 Å². The number of unbranched alkanes of at least 4 members (excludes halogenated alkanes) is 1. The number of hydrogen-bond acceptors (Lipinski definition) is 8. The zero-order valence-corrected chi connectivity index (χ0v) is 30.5. The summed E-state index contributed by atoms with van der Waals surface area (Å²) in [6.45, 7) is 23.2. The molecule has 51 heavy (non-hydrogen) atoms. The zero-order valence-electron chi connectivity index (χ0n) is 30.5. The van der Waals surface area contributed by atoms with Crippen molar-refractivity contribution in [1.82, 2.24) is 10.3 Å². The predicted molar refractivity (Wildman–Crippen MR) is 193 cm³/mol. The van der Waals surface area contributed by atoms with Gasteiger partial charge >= 0.3 is 11.9 Å². The molecule has 1 saturated carbocycles. The van der Waals surface area contributed by atoms with Crippen molar-refractivity contribution in [3.05, 3.63) is 57.4 Å². The minimum Gasteiger partial charge on any atom is -0.481 e. The molecule has 1 aromatic rings. The van der Waals surface area contributed by atoms with Crippen LogP contribution in [0.2, 0.25) is 0 Å². The van der Waals surface area contributed by atoms with E-state index < -0.39 is 17.9 Å². The Balaban J connectivity index is 1.73. The lowest BCUT2D eigenvalue weighted by atomic mass is 9.81. The first-order valence-electron chi connectivity index (χ1n) is 17.5. The van der Waals surface area contributed by atoms with E-state index in [2.05, 4.69) is 38.1 Å². The maximum absolute atomic E-state index is 13.0. The molecule has 2 amide bonds. The standard InChI is InChI=1S/C38H50N6O7/c1-21(2)32-27(20-39)35(43-31(46)13-11-15-50-26-17-24(7)16-25(18-26)37(47)48)41-28(32)19-29-33(22(3)4)34(40-8)36(42-29)44-30(45)12-9-10-14-51-38(49)23(5)6/h19,21-22,24-26,41H,5,9-18H2,1-4,6-7H3,(H,43,46)(H,47,48)(H,42,44,45). The number of carboxylic acid groups (broad SMARTS) is 1. The van der Waals surface area contributed by atoms with Crippen molar-refractivity contribution in [3.63, 3.8) is 0 Å². The Morgan fingerprint density at radius 1 is 1.08 bits per heavy atom. The van der Waals surface area contributed by atoms with Crippen LogP contribution in [-0.2, 0) is 28.7 Å². The van der Waals surface area contributed by atoms with E-state index in [4.69, 9.17) is 16.0 Å². The lowest BCUT2D eigenvalue weighted by molar-refractivity contribution is -0.146. The average Bonchev–Trinajstić information content (AvgIpc) is 3.58. The van der Waals surface area contributed by atoms with Crippen molar-refractivity contribution in [2.24, 2.45) is 22.7 Å². The van der Waals surface area contributed by atoms with Crippen molar-refractivity contribution < 1.29 is 33.8 Å². The highest BCUT2D eigenvalue weighted by atomic mass is 16.5. The Bertz CT molecular complexity index is 1680. The van der Waals surface area contributed by atoms with Gasteiger partial charge in [-0.1, -0.05) is 41.2 Å². The molecule has 0 radical (unpaired) electrons. The molecule has 3 rings (SSSR count). The van der Waals surface area contributed by atoms with Crippen LogP contribution in [-0.4, -0.2) is 59.0 Å². The molecule has 274 valence electrons. The molecule has 1 aromatic heterocycles. The van der Waals surface area contributed by atoms with Crippen molar-refractivity contribution in [2.75, 3.05) is 18.5 Å². The fourth-order valence-corrected chi connectivity index (χ4v) is 6.39. The minimum absolute atomic E-state index is 0.111. The summed E-state index contributed by atoms with van der Waals surface area (Å²) < 4.78 is 11.0. The van der Waals surface area contributed by atoms with Crippen LogP contribution in [0.1, 0.15) is 116 Å². The van der Waals surface area contributed by atoms with Crippen LogP contribution in [0.3, 0.4) is 0 Å². The van der Waals surface area contributed by atoms with Crippen molar-refractivity contribution >= 4 is 41.5 Å². The number of anilines is 1. The van der Waals surface area contributed by atoms with Crippen LogP contribution in [0.5, 0.6) is 0 Å². The summed E-state index contributed by atoms with van der Waals surface area (Å²) in [5.41, 5.74) is 3.16. The number of aromatic nitrogens is 1. The quantitative estimate of drug-likeness (QED) is 0.0640. The van der Waals surface area contributed by atoms with Gasteiger partial charge in [-0.25, -0.2) is 14.6 Å². The van der Waals surface area contributed by atoms with Crippen molar-refractivity contribution in [1.29, 1.82) is 5.26 Å². The van der Waals surface area contributed by atoms with Gasteiger partial charge in [0.15, 0.2) is 0 Å². The van der Waals surface area contributed by atoms with E-state index in [0.29, 0.717) is 72.4 Å². The minimum atomic E-state index is -0.802. The first-order valence-corrected chi connectivity index (χ1v) is 17.5. The highest BCUT2D eigenvalue weighted by Crippen LogP contribution is 2.37. The molecule has 4 N–H and O–H groups in total. The molecular formula is C38H50N6O7. The monoisotopic (exact) mass is 702 g/mol. The fraction of sp³-hybridized carbons (Fsp3) is 0.553. The Hall–Kier alpha value is -5.01. The molecule has 13 nitrogen and oxygen atoms in total. The van der Waals surface area contributed by atoms with E-state index in [1.54, 1.807) is 13.0 Å². The SMILES string of the molecule is [C-]#[N+]C1=C(C(C)C)C(=Cc2[nH]c(NC(=O)CCCOC3CC(C)CC(C(=O)O)C3)c(C#N)c2C(C)C)N=C1NC(=O)CCCCOC(=O)C(=C)C. The summed E-state index contributed by atoms with van der Waals surface area (Å²) in [5, 5.41) is 25.2. The first-order chi connectivity index (χ1) is 24.2. The summed E-state index contributed by atoms with van der Waals surface area (Å²) in [6, 6.07) is 2.22. The highest BCUT2D eigenvalue weighted by Gasteiger charge is 2.32. The second kappa shape index (κ2) is 18.8. The Morgan fingerprint density at radius 3 is 2.37 bits per heavy atom. The molecule has 0 bridgehead atoms. The molecule has 1 aliphatic heterocycles. The number of aliphatic carboxylic acids is 1. The van der Waals surface area contributed by atoms with Gasteiger partial charge in [0.1, 0.15) is 17.7 Å². The molecule has 2 aliphatic rings. The van der Waals surface area contributed by atoms with E-state index in [-0.39, 0.29) is 72.5 Å². The third kappa shape index (κ3) is 11.2. The topological polar surface area (TPSA) is 187 Å². The summed E-state index contributed by atoms with van der Waals surface area (Å²) in [6.07, 6.45) is 5.16. The first kappa shape index (κ1) is 40.4. The normalized spacial score (nSPS) is 19.5. The van der Waals surface area contributed by atoms with Crippen molar-refractivity contribution in [3.8, 4) is 6.07 Å². The van der Waals surface area contributed by atoms with Crippen LogP contribution < -0.4 is 10.6 Å². The fourth-order valence-electron chi connectivity index (χ4n) is 6.39. The largest absolute Gasteiger partial charge is 0.481 e. The highest BCUT2D eigenvalue weighted by molar-refractivity contribution is 6.12. The molecular weight excluding hydrogens is 652 g/mol. The number of aromatic amines is 1. The molecule has 1 fully saturated rings. The molecule has 3 unspecified atom stereocenters. The number of nitrogens with zero attached hydrogens (tertiary/aromatic N) is 3. The Labute approximate surface area is 300 Å². The average molecular weight is 703 g/mol. The second-order valence-corrected chi connectivity index (χ2v) is 13.9. The number of allylic oxidation sites excluding steroid dienone is 1. The van der Waals surface area contributed by atoms with Gasteiger partial charge in [-0.2, -0.15) is 5.26 Å². The number of aliphatic imine (C=N–C) groups is 1. The maximum atomic E-state index is 13.0. The number of nitrogens with one attached hydrogen (secondary N) is 3. The van der Waals surface area contributed by atoms with Gasteiger partial charge in [0, 0.05) is 30.7 Å². The third-order valence-electron chi connectivity index (χ3n) is 8.77. The number of H-pyrrole nitrogens is 1. The van der Waals surface area contributed by atoms with Crippen LogP contribution in [0.15, 0.2) is 34.1 Å². The molecule has 13 heteroatoms. The van der Waals surface area contributed by atoms with E-state index in [9.17, 15) is 29.5 Å². The predicted octanol–water partition coefficient (Wildman–Crippen LogP) is 6.62. The lowest BCUT2D eigenvalue weighted by Gasteiger charge is -2.31. The Morgan fingerprint density at radius 2 is 1.76 bits per heavy atom.